The first kappa shape index (κ1) is 15.8. The molecule has 0 aromatic heterocycles. The second-order valence-electron chi connectivity index (χ2n) is 5.97. The van der Waals surface area contributed by atoms with E-state index in [9.17, 15) is 4.79 Å². The van der Waals surface area contributed by atoms with Gasteiger partial charge in [-0.2, -0.15) is 0 Å². The molecule has 1 N–H and O–H groups in total. The van der Waals surface area contributed by atoms with Gasteiger partial charge in [-0.05, 0) is 45.2 Å². The molecule has 1 fully saturated rings. The Bertz CT molecular complexity index is 485. The molecule has 4 heteroatoms. The maximum Gasteiger partial charge on any atom is 0.321 e. The maximum absolute atomic E-state index is 12.5. The summed E-state index contributed by atoms with van der Waals surface area (Å²) >= 11 is 0. The molecule has 0 radical (unpaired) electrons. The zero-order valence-electron chi connectivity index (χ0n) is 13.5. The molecular weight excluding hydrogens is 264 g/mol. The predicted octanol–water partition coefficient (Wildman–Crippen LogP) is 3.50. The van der Waals surface area contributed by atoms with Gasteiger partial charge in [0.2, 0.25) is 0 Å². The van der Waals surface area contributed by atoms with E-state index in [1.165, 1.54) is 5.56 Å². The second kappa shape index (κ2) is 6.94. The number of aryl methyl sites for hydroxylation is 3. The molecule has 4 nitrogen and oxygen atoms in total. The maximum atomic E-state index is 12.5. The lowest BCUT2D eigenvalue weighted by molar-refractivity contribution is 0.171. The standard InChI is InChI=1S/C17H26N2O2/c1-5-19(10-15-6-7-21-11-15)17(20)18-16-13(3)8-12(2)9-14(16)4/h8-9,15H,5-7,10-11H2,1-4H3,(H,18,20)/t15-/m1/s1. The fourth-order valence-corrected chi connectivity index (χ4v) is 2.96. The van der Waals surface area contributed by atoms with Crippen molar-refractivity contribution in [1.29, 1.82) is 0 Å². The first-order chi connectivity index (χ1) is 10.0. The van der Waals surface area contributed by atoms with Gasteiger partial charge in [0.05, 0.1) is 6.61 Å². The summed E-state index contributed by atoms with van der Waals surface area (Å²) in [5, 5.41) is 3.08. The van der Waals surface area contributed by atoms with Crippen LogP contribution in [0.4, 0.5) is 10.5 Å². The van der Waals surface area contributed by atoms with Crippen LogP contribution in [-0.2, 0) is 4.74 Å². The summed E-state index contributed by atoms with van der Waals surface area (Å²) in [7, 11) is 0. The normalized spacial score (nSPS) is 17.8. The molecule has 0 spiro atoms. The van der Waals surface area contributed by atoms with Crippen LogP contribution in [0.2, 0.25) is 0 Å². The summed E-state index contributed by atoms with van der Waals surface area (Å²) in [4.78, 5) is 14.4. The molecule has 1 aliphatic rings. The summed E-state index contributed by atoms with van der Waals surface area (Å²) in [6.07, 6.45) is 1.05. The van der Waals surface area contributed by atoms with E-state index < -0.39 is 0 Å². The van der Waals surface area contributed by atoms with Crippen LogP contribution in [0.5, 0.6) is 0 Å². The molecule has 0 bridgehead atoms. The van der Waals surface area contributed by atoms with Gasteiger partial charge in [0.15, 0.2) is 0 Å². The number of amides is 2. The van der Waals surface area contributed by atoms with Gasteiger partial charge < -0.3 is 15.0 Å². The first-order valence-corrected chi connectivity index (χ1v) is 7.72. The highest BCUT2D eigenvalue weighted by molar-refractivity contribution is 5.91. The summed E-state index contributed by atoms with van der Waals surface area (Å²) in [6.45, 7) is 11.2. The number of ether oxygens (including phenoxy) is 1. The van der Waals surface area contributed by atoms with Gasteiger partial charge in [0.25, 0.3) is 0 Å². The van der Waals surface area contributed by atoms with Gasteiger partial charge >= 0.3 is 6.03 Å². The Kier molecular flexibility index (Phi) is 5.23. The fourth-order valence-electron chi connectivity index (χ4n) is 2.96. The molecule has 1 aromatic rings. The molecule has 1 heterocycles. The third-order valence-electron chi connectivity index (χ3n) is 4.08. The van der Waals surface area contributed by atoms with Crippen molar-refractivity contribution in [1.82, 2.24) is 4.90 Å². The van der Waals surface area contributed by atoms with Crippen LogP contribution >= 0.6 is 0 Å². The van der Waals surface area contributed by atoms with Crippen molar-refractivity contribution in [3.63, 3.8) is 0 Å². The summed E-state index contributed by atoms with van der Waals surface area (Å²) in [5.74, 6) is 0.468. The molecule has 116 valence electrons. The van der Waals surface area contributed by atoms with E-state index in [0.29, 0.717) is 12.5 Å². The van der Waals surface area contributed by atoms with Gasteiger partial charge in [-0.3, -0.25) is 0 Å². The van der Waals surface area contributed by atoms with Crippen molar-refractivity contribution >= 4 is 11.7 Å². The number of carbonyl (C=O) groups is 1. The van der Waals surface area contributed by atoms with Gasteiger partial charge in [0.1, 0.15) is 0 Å². The highest BCUT2D eigenvalue weighted by Gasteiger charge is 2.22. The van der Waals surface area contributed by atoms with Crippen molar-refractivity contribution < 1.29 is 9.53 Å². The average molecular weight is 290 g/mol. The van der Waals surface area contributed by atoms with Gasteiger partial charge in [-0.15, -0.1) is 0 Å². The minimum Gasteiger partial charge on any atom is -0.381 e. The Hall–Kier alpha value is -1.55. The third-order valence-corrected chi connectivity index (χ3v) is 4.08. The van der Waals surface area contributed by atoms with Gasteiger partial charge in [-0.1, -0.05) is 17.7 Å². The Morgan fingerprint density at radius 2 is 2.00 bits per heavy atom. The van der Waals surface area contributed by atoms with Crippen molar-refractivity contribution in [3.05, 3.63) is 28.8 Å². The van der Waals surface area contributed by atoms with E-state index in [0.717, 1.165) is 43.0 Å². The molecule has 21 heavy (non-hydrogen) atoms. The lowest BCUT2D eigenvalue weighted by atomic mass is 10.1. The van der Waals surface area contributed by atoms with Crippen LogP contribution in [0.25, 0.3) is 0 Å². The zero-order valence-corrected chi connectivity index (χ0v) is 13.5. The molecular formula is C17H26N2O2. The molecule has 0 saturated carbocycles. The van der Waals surface area contributed by atoms with Crippen LogP contribution in [0.1, 0.15) is 30.0 Å². The van der Waals surface area contributed by atoms with Crippen molar-refractivity contribution in [2.75, 3.05) is 31.6 Å². The number of rotatable bonds is 4. The smallest absolute Gasteiger partial charge is 0.321 e. The van der Waals surface area contributed by atoms with Crippen LogP contribution in [0.15, 0.2) is 12.1 Å². The van der Waals surface area contributed by atoms with Crippen LogP contribution in [-0.4, -0.2) is 37.2 Å². The van der Waals surface area contributed by atoms with Crippen molar-refractivity contribution in [3.8, 4) is 0 Å². The lowest BCUT2D eigenvalue weighted by Gasteiger charge is -2.25. The van der Waals surface area contributed by atoms with E-state index in [4.69, 9.17) is 4.74 Å². The number of hydrogen-bond acceptors (Lipinski definition) is 2. The number of carbonyl (C=O) groups excluding carboxylic acids is 1. The number of hydrogen-bond donors (Lipinski definition) is 1. The number of nitrogens with zero attached hydrogens (tertiary/aromatic N) is 1. The predicted molar refractivity (Wildman–Crippen MR) is 85.8 cm³/mol. The van der Waals surface area contributed by atoms with E-state index in [1.54, 1.807) is 0 Å². The molecule has 0 aliphatic carbocycles. The summed E-state index contributed by atoms with van der Waals surface area (Å²) < 4.78 is 5.39. The monoisotopic (exact) mass is 290 g/mol. The Labute approximate surface area is 127 Å². The van der Waals surface area contributed by atoms with E-state index in [1.807, 2.05) is 25.7 Å². The first-order valence-electron chi connectivity index (χ1n) is 7.72. The largest absolute Gasteiger partial charge is 0.381 e. The number of nitrogens with one attached hydrogen (secondary N) is 1. The molecule has 1 saturated heterocycles. The average Bonchev–Trinajstić information content (AvgIpc) is 2.92. The van der Waals surface area contributed by atoms with Gasteiger partial charge in [0, 0.05) is 31.3 Å². The second-order valence-corrected chi connectivity index (χ2v) is 5.97. The minimum absolute atomic E-state index is 0.0144. The van der Waals surface area contributed by atoms with E-state index >= 15 is 0 Å². The lowest BCUT2D eigenvalue weighted by Crippen LogP contribution is -2.38. The third kappa shape index (κ3) is 3.97. The SMILES string of the molecule is CCN(C[C@H]1CCOC1)C(=O)Nc1c(C)cc(C)cc1C. The Balaban J connectivity index is 2.05. The highest BCUT2D eigenvalue weighted by Crippen LogP contribution is 2.22. The molecule has 2 rings (SSSR count). The Morgan fingerprint density at radius 1 is 1.33 bits per heavy atom. The summed E-state index contributed by atoms with van der Waals surface area (Å²) in [5.41, 5.74) is 4.38. The molecule has 0 unspecified atom stereocenters. The number of benzene rings is 1. The fraction of sp³-hybridized carbons (Fsp3) is 0.588. The Morgan fingerprint density at radius 3 is 2.52 bits per heavy atom. The van der Waals surface area contributed by atoms with Crippen LogP contribution < -0.4 is 5.32 Å². The summed E-state index contributed by atoms with van der Waals surface area (Å²) in [6, 6.07) is 4.19. The van der Waals surface area contributed by atoms with Crippen molar-refractivity contribution in [2.45, 2.75) is 34.1 Å². The van der Waals surface area contributed by atoms with E-state index in [2.05, 4.69) is 24.4 Å². The van der Waals surface area contributed by atoms with E-state index in [-0.39, 0.29) is 6.03 Å². The number of urea groups is 1. The topological polar surface area (TPSA) is 41.6 Å². The molecule has 2 amide bonds. The quantitative estimate of drug-likeness (QED) is 0.922. The minimum atomic E-state index is -0.0144. The molecule has 1 atom stereocenters. The van der Waals surface area contributed by atoms with Gasteiger partial charge in [-0.25, -0.2) is 4.79 Å². The number of anilines is 1. The van der Waals surface area contributed by atoms with Crippen LogP contribution in [0, 0.1) is 26.7 Å². The zero-order chi connectivity index (χ0) is 15.4. The molecule has 1 aliphatic heterocycles. The van der Waals surface area contributed by atoms with Crippen molar-refractivity contribution in [2.24, 2.45) is 5.92 Å². The van der Waals surface area contributed by atoms with Crippen LogP contribution in [0.3, 0.4) is 0 Å². The highest BCUT2D eigenvalue weighted by atomic mass is 16.5. The molecule has 1 aromatic carbocycles.